The average Bonchev–Trinajstić information content (AvgIpc) is 2.26. The lowest BCUT2D eigenvalue weighted by Gasteiger charge is -2.22. The Morgan fingerprint density at radius 2 is 1.79 bits per heavy atom. The first-order valence-electron chi connectivity index (χ1n) is 6.73. The van der Waals surface area contributed by atoms with Crippen LogP contribution >= 0.6 is 22.6 Å². The van der Waals surface area contributed by atoms with Crippen LogP contribution in [0.4, 0.5) is 4.39 Å². The van der Waals surface area contributed by atoms with E-state index in [1.165, 1.54) is 7.85 Å². The van der Waals surface area contributed by atoms with Crippen LogP contribution in [-0.2, 0) is 0 Å². The second-order valence-corrected chi connectivity index (χ2v) is 7.30. The zero-order valence-corrected chi connectivity index (χ0v) is 14.7. The van der Waals surface area contributed by atoms with E-state index in [0.29, 0.717) is 11.7 Å². The van der Waals surface area contributed by atoms with Crippen molar-refractivity contribution in [3.8, 4) is 5.75 Å². The van der Waals surface area contributed by atoms with E-state index in [1.54, 1.807) is 0 Å². The number of alkyl halides is 2. The molecule has 0 bridgehead atoms. The van der Waals surface area contributed by atoms with E-state index >= 15 is 0 Å². The fourth-order valence-electron chi connectivity index (χ4n) is 2.07. The summed E-state index contributed by atoms with van der Waals surface area (Å²) in [6, 6.07) is 1.88. The normalized spacial score (nSPS) is 14.8. The summed E-state index contributed by atoms with van der Waals surface area (Å²) >= 11 is 2.32. The number of halogens is 2. The van der Waals surface area contributed by atoms with Crippen LogP contribution in [0.15, 0.2) is 6.07 Å². The fraction of sp³-hybridized carbons (Fsp3) is 0.643. The molecule has 1 heterocycles. The number of nitrogens with zero attached hydrogens (tertiary/aromatic N) is 1. The molecule has 1 aromatic rings. The van der Waals surface area contributed by atoms with Crippen molar-refractivity contribution in [2.45, 2.75) is 56.6 Å². The van der Waals surface area contributed by atoms with E-state index in [4.69, 9.17) is 9.72 Å². The molecule has 5 heteroatoms. The van der Waals surface area contributed by atoms with Crippen molar-refractivity contribution in [3.05, 3.63) is 23.0 Å². The van der Waals surface area contributed by atoms with Crippen molar-refractivity contribution in [3.63, 3.8) is 0 Å². The molecule has 0 saturated carbocycles. The van der Waals surface area contributed by atoms with E-state index in [1.807, 2.05) is 6.07 Å². The maximum atomic E-state index is 13.3. The van der Waals surface area contributed by atoms with Crippen molar-refractivity contribution >= 4 is 30.4 Å². The summed E-state index contributed by atoms with van der Waals surface area (Å²) < 4.78 is 18.9. The van der Waals surface area contributed by atoms with Crippen LogP contribution in [0, 0.1) is 0 Å². The van der Waals surface area contributed by atoms with Crippen LogP contribution in [-0.4, -0.2) is 19.1 Å². The van der Waals surface area contributed by atoms with Crippen molar-refractivity contribution in [2.75, 3.05) is 0 Å². The van der Waals surface area contributed by atoms with Gasteiger partial charge in [-0.1, -0.05) is 50.3 Å². The van der Waals surface area contributed by atoms with Crippen LogP contribution in [0.3, 0.4) is 0 Å². The highest BCUT2D eigenvalue weighted by Gasteiger charge is 2.21. The molecule has 0 amide bonds. The summed E-state index contributed by atoms with van der Waals surface area (Å²) in [5.74, 6) is 1.20. The van der Waals surface area contributed by atoms with Gasteiger partial charge in [0.2, 0.25) is 0 Å². The van der Waals surface area contributed by atoms with Crippen molar-refractivity contribution < 1.29 is 9.13 Å². The molecular weight excluding hydrogens is 355 g/mol. The van der Waals surface area contributed by atoms with E-state index < -0.39 is 6.26 Å². The zero-order chi connectivity index (χ0) is 14.7. The van der Waals surface area contributed by atoms with Gasteiger partial charge in [-0.25, -0.2) is 4.39 Å². The molecule has 0 N–H and O–H groups in total. The lowest BCUT2D eigenvalue weighted by Crippen LogP contribution is -2.14. The largest absolute Gasteiger partial charge is 0.469 e. The van der Waals surface area contributed by atoms with Gasteiger partial charge in [-0.2, -0.15) is 0 Å². The molecule has 0 aliphatic heterocycles. The molecular formula is C14H22BFINO. The van der Waals surface area contributed by atoms with Gasteiger partial charge in [-0.15, -0.1) is 0 Å². The molecule has 19 heavy (non-hydrogen) atoms. The minimum atomic E-state index is -1.31. The lowest BCUT2D eigenvalue weighted by atomic mass is 9.93. The molecule has 0 radical (unpaired) electrons. The van der Waals surface area contributed by atoms with E-state index in [2.05, 4.69) is 57.2 Å². The second kappa shape index (κ2) is 6.91. The zero-order valence-electron chi connectivity index (χ0n) is 12.5. The predicted molar refractivity (Wildman–Crippen MR) is 88.9 cm³/mol. The first-order chi connectivity index (χ1) is 8.73. The fourth-order valence-corrected chi connectivity index (χ4v) is 2.39. The Bertz CT molecular complexity index is 436. The summed E-state index contributed by atoms with van der Waals surface area (Å²) in [7, 11) is 1.41. The van der Waals surface area contributed by atoms with Crippen molar-refractivity contribution in [2.24, 2.45) is 0 Å². The van der Waals surface area contributed by atoms with E-state index in [-0.39, 0.29) is 9.84 Å². The SMILES string of the molecule is BC(F)Oc1cc(C(C)I)nc(C(C)C)c1C(C)C. The van der Waals surface area contributed by atoms with Crippen molar-refractivity contribution in [1.29, 1.82) is 0 Å². The Balaban J connectivity index is 3.46. The molecule has 0 aliphatic rings. The second-order valence-electron chi connectivity index (χ2n) is 5.43. The summed E-state index contributed by atoms with van der Waals surface area (Å²) in [5, 5.41) is 0. The van der Waals surface area contributed by atoms with Gasteiger partial charge in [0.15, 0.2) is 14.1 Å². The minimum absolute atomic E-state index is 0.261. The van der Waals surface area contributed by atoms with E-state index in [9.17, 15) is 4.39 Å². The molecule has 0 spiro atoms. The highest BCUT2D eigenvalue weighted by Crippen LogP contribution is 2.36. The molecule has 0 aliphatic carbocycles. The van der Waals surface area contributed by atoms with Crippen LogP contribution in [0.5, 0.6) is 5.75 Å². The van der Waals surface area contributed by atoms with Gasteiger partial charge in [-0.3, -0.25) is 4.98 Å². The third-order valence-corrected chi connectivity index (χ3v) is 3.53. The Morgan fingerprint density at radius 3 is 2.16 bits per heavy atom. The lowest BCUT2D eigenvalue weighted by molar-refractivity contribution is 0.144. The molecule has 2 nitrogen and oxygen atoms in total. The third kappa shape index (κ3) is 4.33. The number of hydrogen-bond donors (Lipinski definition) is 0. The average molecular weight is 377 g/mol. The molecule has 0 fully saturated rings. The summed E-state index contributed by atoms with van der Waals surface area (Å²) in [6.45, 7) is 10.5. The maximum absolute atomic E-state index is 13.3. The highest BCUT2D eigenvalue weighted by molar-refractivity contribution is 14.1. The Labute approximate surface area is 130 Å². The summed E-state index contributed by atoms with van der Waals surface area (Å²) in [5.41, 5.74) is 3.00. The molecule has 0 aromatic carbocycles. The number of aromatic nitrogens is 1. The van der Waals surface area contributed by atoms with Crippen molar-refractivity contribution in [1.82, 2.24) is 4.98 Å². The Kier molecular flexibility index (Phi) is 6.08. The highest BCUT2D eigenvalue weighted by atomic mass is 127. The Hall–Kier alpha value is -0.325. The summed E-state index contributed by atoms with van der Waals surface area (Å²) in [6.07, 6.45) is -1.31. The van der Waals surface area contributed by atoms with Gasteiger partial charge in [0.25, 0.3) is 0 Å². The number of ether oxygens (including phenoxy) is 1. The standard InChI is InChI=1S/C14H22BFINO/c1-7(2)12-11(19-14(15)16)6-10(9(5)17)18-13(12)8(3)4/h6-9,14H,15H2,1-5H3. The molecule has 2 unspecified atom stereocenters. The molecule has 1 rings (SSSR count). The van der Waals surface area contributed by atoms with Crippen LogP contribution in [0.2, 0.25) is 0 Å². The first kappa shape index (κ1) is 16.7. The van der Waals surface area contributed by atoms with Crippen LogP contribution in [0.25, 0.3) is 0 Å². The number of hydrogen-bond acceptors (Lipinski definition) is 2. The Morgan fingerprint density at radius 1 is 1.21 bits per heavy atom. The summed E-state index contributed by atoms with van der Waals surface area (Å²) in [4.78, 5) is 4.75. The topological polar surface area (TPSA) is 22.1 Å². The van der Waals surface area contributed by atoms with Gasteiger partial charge in [0.05, 0.1) is 15.3 Å². The molecule has 2 atom stereocenters. The smallest absolute Gasteiger partial charge is 0.197 e. The molecule has 0 saturated heterocycles. The van der Waals surface area contributed by atoms with Gasteiger partial charge >= 0.3 is 0 Å². The molecule has 1 aromatic heterocycles. The van der Waals surface area contributed by atoms with Crippen LogP contribution < -0.4 is 4.74 Å². The van der Waals surface area contributed by atoms with Crippen LogP contribution in [0.1, 0.15) is 67.3 Å². The number of pyridine rings is 1. The quantitative estimate of drug-likeness (QED) is 0.438. The molecule has 106 valence electrons. The number of rotatable bonds is 5. The minimum Gasteiger partial charge on any atom is -0.469 e. The first-order valence-corrected chi connectivity index (χ1v) is 7.98. The van der Waals surface area contributed by atoms with Gasteiger partial charge < -0.3 is 4.74 Å². The third-order valence-electron chi connectivity index (χ3n) is 2.89. The van der Waals surface area contributed by atoms with E-state index in [0.717, 1.165) is 17.0 Å². The monoisotopic (exact) mass is 377 g/mol. The van der Waals surface area contributed by atoms with Gasteiger partial charge in [-0.05, 0) is 18.8 Å². The predicted octanol–water partition coefficient (Wildman–Crippen LogP) is 4.09. The van der Waals surface area contributed by atoms with Gasteiger partial charge in [0, 0.05) is 11.6 Å². The maximum Gasteiger partial charge on any atom is 0.197 e. The van der Waals surface area contributed by atoms with Gasteiger partial charge in [0.1, 0.15) is 5.75 Å².